The molecule has 1 unspecified atom stereocenters. The summed E-state index contributed by atoms with van der Waals surface area (Å²) < 4.78 is 18.0. The fraction of sp³-hybridized carbons (Fsp3) is 0.333. The third-order valence-corrected chi connectivity index (χ3v) is 6.55. The Morgan fingerprint density at radius 1 is 1.14 bits per heavy atom. The number of Topliss-reactive ketones (excluding diaryl/α,β-unsaturated/α-hetero) is 1. The molecule has 1 aromatic heterocycles. The van der Waals surface area contributed by atoms with Crippen molar-refractivity contribution in [1.82, 2.24) is 4.98 Å². The van der Waals surface area contributed by atoms with E-state index in [1.807, 2.05) is 30.3 Å². The molecule has 28 heavy (non-hydrogen) atoms. The van der Waals surface area contributed by atoms with Crippen molar-refractivity contribution in [1.29, 1.82) is 0 Å². The zero-order valence-corrected chi connectivity index (χ0v) is 16.5. The van der Waals surface area contributed by atoms with Gasteiger partial charge in [-0.05, 0) is 36.4 Å². The summed E-state index contributed by atoms with van der Waals surface area (Å²) >= 11 is 1.64. The van der Waals surface area contributed by atoms with Crippen LogP contribution in [0.1, 0.15) is 23.2 Å². The van der Waals surface area contributed by atoms with Gasteiger partial charge in [-0.2, -0.15) is 0 Å². The van der Waals surface area contributed by atoms with Gasteiger partial charge >= 0.3 is 0 Å². The Morgan fingerprint density at radius 2 is 1.93 bits per heavy atom. The first-order valence-corrected chi connectivity index (χ1v) is 10.0. The Balaban J connectivity index is 1.41. The first-order chi connectivity index (χ1) is 13.6. The third-order valence-electron chi connectivity index (χ3n) is 5.47. The monoisotopic (exact) mass is 396 g/mol. The summed E-state index contributed by atoms with van der Waals surface area (Å²) in [7, 11) is 3.26. The highest BCUT2D eigenvalue weighted by molar-refractivity contribution is 7.22. The summed E-state index contributed by atoms with van der Waals surface area (Å²) in [5, 5.41) is 0.955. The van der Waals surface area contributed by atoms with E-state index in [0.717, 1.165) is 34.1 Å². The van der Waals surface area contributed by atoms with Gasteiger partial charge in [-0.15, -0.1) is 0 Å². The molecule has 2 aliphatic heterocycles. The molecular weight excluding hydrogens is 376 g/mol. The van der Waals surface area contributed by atoms with E-state index in [-0.39, 0.29) is 5.78 Å². The van der Waals surface area contributed by atoms with Gasteiger partial charge in [0.25, 0.3) is 0 Å². The van der Waals surface area contributed by atoms with Gasteiger partial charge in [0.05, 0.1) is 43.0 Å². The normalized spacial score (nSPS) is 21.1. The number of fused-ring (bicyclic) bond motifs is 2. The van der Waals surface area contributed by atoms with Crippen LogP contribution in [0.3, 0.4) is 0 Å². The summed E-state index contributed by atoms with van der Waals surface area (Å²) in [4.78, 5) is 19.8. The van der Waals surface area contributed by atoms with E-state index in [4.69, 9.17) is 19.2 Å². The summed E-state index contributed by atoms with van der Waals surface area (Å²) in [5.74, 6) is 2.25. The lowest BCUT2D eigenvalue weighted by Crippen LogP contribution is -2.44. The molecule has 0 radical (unpaired) electrons. The van der Waals surface area contributed by atoms with E-state index < -0.39 is 5.60 Å². The number of hydrogen-bond acceptors (Lipinski definition) is 7. The first kappa shape index (κ1) is 17.3. The lowest BCUT2D eigenvalue weighted by atomic mass is 9.89. The minimum Gasteiger partial charge on any atom is -0.497 e. The van der Waals surface area contributed by atoms with Gasteiger partial charge in [0.2, 0.25) is 0 Å². The number of carbonyl (C=O) groups excluding carboxylic acids is 1. The molecule has 1 atom stereocenters. The van der Waals surface area contributed by atoms with E-state index in [2.05, 4.69) is 4.90 Å². The Hall–Kier alpha value is -2.80. The largest absolute Gasteiger partial charge is 0.497 e. The van der Waals surface area contributed by atoms with Crippen molar-refractivity contribution >= 4 is 32.5 Å². The minimum absolute atomic E-state index is 0.107. The molecular formula is C21H20N2O4S. The molecule has 0 saturated carbocycles. The van der Waals surface area contributed by atoms with Crippen LogP contribution in [0.15, 0.2) is 36.4 Å². The number of nitrogens with zero attached hydrogens (tertiary/aromatic N) is 2. The molecule has 0 bridgehead atoms. The lowest BCUT2D eigenvalue weighted by Gasteiger charge is -2.34. The quantitative estimate of drug-likeness (QED) is 0.669. The molecule has 2 aromatic carbocycles. The van der Waals surface area contributed by atoms with Crippen molar-refractivity contribution in [2.45, 2.75) is 18.4 Å². The Kier molecular flexibility index (Phi) is 3.94. The van der Waals surface area contributed by atoms with Crippen LogP contribution in [-0.4, -0.2) is 43.7 Å². The molecule has 1 fully saturated rings. The predicted octanol–water partition coefficient (Wildman–Crippen LogP) is 3.93. The smallest absolute Gasteiger partial charge is 0.186 e. The fourth-order valence-electron chi connectivity index (χ4n) is 3.99. The molecule has 2 aliphatic rings. The van der Waals surface area contributed by atoms with Crippen molar-refractivity contribution in [3.63, 3.8) is 0 Å². The molecule has 3 heterocycles. The van der Waals surface area contributed by atoms with Crippen LogP contribution in [0, 0.1) is 0 Å². The topological polar surface area (TPSA) is 60.9 Å². The second kappa shape index (κ2) is 6.38. The number of ether oxygens (including phenoxy) is 3. The number of anilines is 1. The standard InChI is InChI=1S/C21H20N2O4S/c1-25-13-4-6-18-15(9-13)17(24)11-21(27-18)7-8-23(12-21)20-22-16-5-3-14(26-2)10-19(16)28-20/h3-6,9-10H,7-8,11-12H2,1-2H3. The third kappa shape index (κ3) is 2.77. The molecule has 6 nitrogen and oxygen atoms in total. The zero-order chi connectivity index (χ0) is 19.3. The number of aromatic nitrogens is 1. The van der Waals surface area contributed by atoms with E-state index in [1.54, 1.807) is 31.6 Å². The number of carbonyl (C=O) groups is 1. The first-order valence-electron chi connectivity index (χ1n) is 9.19. The minimum atomic E-state index is -0.492. The van der Waals surface area contributed by atoms with E-state index in [9.17, 15) is 4.79 Å². The average molecular weight is 396 g/mol. The fourth-order valence-corrected chi connectivity index (χ4v) is 5.01. The molecule has 0 amide bonds. The number of benzene rings is 2. The van der Waals surface area contributed by atoms with Crippen LogP contribution in [-0.2, 0) is 0 Å². The van der Waals surface area contributed by atoms with Gasteiger partial charge in [-0.1, -0.05) is 11.3 Å². The van der Waals surface area contributed by atoms with Crippen LogP contribution < -0.4 is 19.1 Å². The van der Waals surface area contributed by atoms with Crippen LogP contribution in [0.4, 0.5) is 5.13 Å². The van der Waals surface area contributed by atoms with Crippen molar-refractivity contribution in [2.75, 3.05) is 32.2 Å². The van der Waals surface area contributed by atoms with E-state index in [1.165, 1.54) is 0 Å². The Labute approximate surface area is 166 Å². The Bertz CT molecular complexity index is 1080. The number of ketones is 1. The number of methoxy groups -OCH3 is 2. The molecule has 144 valence electrons. The van der Waals surface area contributed by atoms with Gasteiger partial charge < -0.3 is 19.1 Å². The maximum atomic E-state index is 12.8. The molecule has 1 spiro atoms. The lowest BCUT2D eigenvalue weighted by molar-refractivity contribution is 0.0537. The SMILES string of the molecule is COc1ccc2c(c1)C(=O)CC1(CCN(c3nc4ccc(OC)cc4s3)C1)O2. The van der Waals surface area contributed by atoms with Crippen molar-refractivity contribution in [3.8, 4) is 17.2 Å². The molecule has 0 N–H and O–H groups in total. The second-order valence-corrected chi connectivity index (χ2v) is 8.26. The van der Waals surface area contributed by atoms with Gasteiger partial charge in [0, 0.05) is 13.0 Å². The summed E-state index contributed by atoms with van der Waals surface area (Å²) in [5.41, 5.74) is 1.07. The molecule has 0 aliphatic carbocycles. The molecule has 7 heteroatoms. The van der Waals surface area contributed by atoms with Crippen molar-refractivity contribution in [3.05, 3.63) is 42.0 Å². The van der Waals surface area contributed by atoms with E-state index >= 15 is 0 Å². The Morgan fingerprint density at radius 3 is 2.75 bits per heavy atom. The van der Waals surface area contributed by atoms with Crippen LogP contribution in [0.2, 0.25) is 0 Å². The van der Waals surface area contributed by atoms with Crippen LogP contribution >= 0.6 is 11.3 Å². The number of rotatable bonds is 3. The number of hydrogen-bond donors (Lipinski definition) is 0. The average Bonchev–Trinajstić information content (AvgIpc) is 3.31. The van der Waals surface area contributed by atoms with Crippen molar-refractivity contribution < 1.29 is 19.0 Å². The molecule has 1 saturated heterocycles. The maximum absolute atomic E-state index is 12.8. The highest BCUT2D eigenvalue weighted by atomic mass is 32.1. The highest BCUT2D eigenvalue weighted by Crippen LogP contribution is 2.42. The highest BCUT2D eigenvalue weighted by Gasteiger charge is 2.46. The summed E-state index contributed by atoms with van der Waals surface area (Å²) in [6, 6.07) is 11.3. The van der Waals surface area contributed by atoms with Gasteiger partial charge in [0.1, 0.15) is 22.8 Å². The molecule has 5 rings (SSSR count). The second-order valence-electron chi connectivity index (χ2n) is 7.25. The summed E-state index contributed by atoms with van der Waals surface area (Å²) in [6.45, 7) is 1.47. The van der Waals surface area contributed by atoms with Gasteiger partial charge in [0.15, 0.2) is 10.9 Å². The maximum Gasteiger partial charge on any atom is 0.186 e. The molecule has 3 aromatic rings. The van der Waals surface area contributed by atoms with Crippen LogP contribution in [0.25, 0.3) is 10.2 Å². The van der Waals surface area contributed by atoms with Crippen molar-refractivity contribution in [2.24, 2.45) is 0 Å². The number of thiazole rings is 1. The van der Waals surface area contributed by atoms with Crippen LogP contribution in [0.5, 0.6) is 17.2 Å². The van der Waals surface area contributed by atoms with Gasteiger partial charge in [-0.3, -0.25) is 4.79 Å². The van der Waals surface area contributed by atoms with Gasteiger partial charge in [-0.25, -0.2) is 4.98 Å². The summed E-state index contributed by atoms with van der Waals surface area (Å²) in [6.07, 6.45) is 1.17. The van der Waals surface area contributed by atoms with E-state index in [0.29, 0.717) is 30.0 Å². The zero-order valence-electron chi connectivity index (χ0n) is 15.7. The predicted molar refractivity (Wildman–Crippen MR) is 108 cm³/mol.